The van der Waals surface area contributed by atoms with Crippen LogP contribution in [-0.2, 0) is 11.3 Å². The Labute approximate surface area is 103 Å². The molecule has 0 saturated heterocycles. The predicted octanol–water partition coefficient (Wildman–Crippen LogP) is 2.76. The van der Waals surface area contributed by atoms with Crippen molar-refractivity contribution >= 4 is 5.97 Å². The minimum absolute atomic E-state index is 0.379. The van der Waals surface area contributed by atoms with Crippen molar-refractivity contribution in [3.8, 4) is 0 Å². The van der Waals surface area contributed by atoms with Gasteiger partial charge in [-0.1, -0.05) is 50.1 Å². The van der Waals surface area contributed by atoms with Crippen LogP contribution in [0.3, 0.4) is 0 Å². The molecule has 0 unspecified atom stereocenters. The summed E-state index contributed by atoms with van der Waals surface area (Å²) in [6.45, 7) is 2.76. The van der Waals surface area contributed by atoms with Crippen molar-refractivity contribution in [3.63, 3.8) is 0 Å². The standard InChI is InChI=1S/C14H21NO2/c1-3-4-10-13(14(16)17)15(2)11-12-8-6-5-7-9-12/h5-9,13H,3-4,10-11H2,1-2H3,(H,16,17)/t13-/m0/s1. The lowest BCUT2D eigenvalue weighted by molar-refractivity contribution is -0.143. The number of hydrogen-bond acceptors (Lipinski definition) is 2. The Morgan fingerprint density at radius 3 is 2.53 bits per heavy atom. The van der Waals surface area contributed by atoms with Gasteiger partial charge in [0.2, 0.25) is 0 Å². The van der Waals surface area contributed by atoms with Gasteiger partial charge < -0.3 is 5.11 Å². The van der Waals surface area contributed by atoms with Gasteiger partial charge in [0.1, 0.15) is 6.04 Å². The van der Waals surface area contributed by atoms with Crippen LogP contribution in [0.5, 0.6) is 0 Å². The van der Waals surface area contributed by atoms with E-state index >= 15 is 0 Å². The molecular formula is C14H21NO2. The van der Waals surface area contributed by atoms with E-state index < -0.39 is 5.97 Å². The summed E-state index contributed by atoms with van der Waals surface area (Å²) in [4.78, 5) is 13.1. The number of carbonyl (C=O) groups is 1. The number of nitrogens with zero attached hydrogens (tertiary/aromatic N) is 1. The topological polar surface area (TPSA) is 40.5 Å². The average Bonchev–Trinajstić information content (AvgIpc) is 2.30. The van der Waals surface area contributed by atoms with Gasteiger partial charge >= 0.3 is 5.97 Å². The van der Waals surface area contributed by atoms with E-state index in [0.717, 1.165) is 24.8 Å². The zero-order valence-electron chi connectivity index (χ0n) is 10.6. The molecular weight excluding hydrogens is 214 g/mol. The predicted molar refractivity (Wildman–Crippen MR) is 68.9 cm³/mol. The van der Waals surface area contributed by atoms with Gasteiger partial charge in [-0.3, -0.25) is 9.69 Å². The summed E-state index contributed by atoms with van der Waals surface area (Å²) in [5.74, 6) is -0.725. The Morgan fingerprint density at radius 2 is 2.00 bits per heavy atom. The number of benzene rings is 1. The summed E-state index contributed by atoms with van der Waals surface area (Å²) >= 11 is 0. The fourth-order valence-electron chi connectivity index (χ4n) is 1.91. The van der Waals surface area contributed by atoms with E-state index in [-0.39, 0.29) is 6.04 Å². The number of carboxylic acids is 1. The molecule has 17 heavy (non-hydrogen) atoms. The summed E-state index contributed by atoms with van der Waals surface area (Å²) in [7, 11) is 1.88. The number of unbranched alkanes of at least 4 members (excludes halogenated alkanes) is 1. The molecule has 1 aromatic rings. The first-order valence-corrected chi connectivity index (χ1v) is 6.12. The minimum atomic E-state index is -0.725. The number of aliphatic carboxylic acids is 1. The fraction of sp³-hybridized carbons (Fsp3) is 0.500. The number of likely N-dealkylation sites (N-methyl/N-ethyl adjacent to an activating group) is 1. The highest BCUT2D eigenvalue weighted by molar-refractivity contribution is 5.73. The van der Waals surface area contributed by atoms with Gasteiger partial charge in [-0.2, -0.15) is 0 Å². The lowest BCUT2D eigenvalue weighted by Crippen LogP contribution is -2.37. The second-order valence-electron chi connectivity index (χ2n) is 4.40. The molecule has 0 amide bonds. The lowest BCUT2D eigenvalue weighted by atomic mass is 10.1. The second kappa shape index (κ2) is 7.07. The van der Waals surface area contributed by atoms with E-state index in [2.05, 4.69) is 6.92 Å². The third-order valence-electron chi connectivity index (χ3n) is 2.92. The maximum atomic E-state index is 11.2. The number of hydrogen-bond donors (Lipinski definition) is 1. The van der Waals surface area contributed by atoms with Crippen LogP contribution < -0.4 is 0 Å². The molecule has 0 aromatic heterocycles. The van der Waals surface area contributed by atoms with Crippen LogP contribution in [0.15, 0.2) is 30.3 Å². The van der Waals surface area contributed by atoms with Crippen LogP contribution in [0, 0.1) is 0 Å². The van der Waals surface area contributed by atoms with Crippen molar-refractivity contribution in [2.24, 2.45) is 0 Å². The quantitative estimate of drug-likeness (QED) is 0.790. The smallest absolute Gasteiger partial charge is 0.320 e. The Hall–Kier alpha value is -1.35. The Balaban J connectivity index is 2.59. The molecule has 3 nitrogen and oxygen atoms in total. The van der Waals surface area contributed by atoms with E-state index in [1.54, 1.807) is 0 Å². The Morgan fingerprint density at radius 1 is 1.35 bits per heavy atom. The summed E-state index contributed by atoms with van der Waals surface area (Å²) in [6, 6.07) is 9.59. The lowest BCUT2D eigenvalue weighted by Gasteiger charge is -2.24. The molecule has 1 N–H and O–H groups in total. The first kappa shape index (κ1) is 13.7. The van der Waals surface area contributed by atoms with Gasteiger partial charge in [0.25, 0.3) is 0 Å². The van der Waals surface area contributed by atoms with E-state index in [4.69, 9.17) is 0 Å². The maximum absolute atomic E-state index is 11.2. The summed E-state index contributed by atoms with van der Waals surface area (Å²) in [5, 5.41) is 9.21. The van der Waals surface area contributed by atoms with Crippen LogP contribution in [0.25, 0.3) is 0 Å². The van der Waals surface area contributed by atoms with Crippen molar-refractivity contribution in [3.05, 3.63) is 35.9 Å². The minimum Gasteiger partial charge on any atom is -0.480 e. The van der Waals surface area contributed by atoms with Crippen LogP contribution in [-0.4, -0.2) is 29.1 Å². The first-order chi connectivity index (χ1) is 8.15. The van der Waals surface area contributed by atoms with E-state index in [0.29, 0.717) is 6.54 Å². The molecule has 1 rings (SSSR count). The Kier molecular flexibility index (Phi) is 5.70. The van der Waals surface area contributed by atoms with E-state index in [1.807, 2.05) is 42.3 Å². The zero-order chi connectivity index (χ0) is 12.7. The molecule has 1 aromatic carbocycles. The number of rotatable bonds is 7. The average molecular weight is 235 g/mol. The summed E-state index contributed by atoms with van der Waals surface area (Å²) in [6.07, 6.45) is 2.70. The summed E-state index contributed by atoms with van der Waals surface area (Å²) < 4.78 is 0. The van der Waals surface area contributed by atoms with Crippen molar-refractivity contribution in [1.82, 2.24) is 4.90 Å². The normalized spacial score (nSPS) is 12.6. The summed E-state index contributed by atoms with van der Waals surface area (Å²) in [5.41, 5.74) is 1.15. The van der Waals surface area contributed by atoms with Gasteiger partial charge in [0.15, 0.2) is 0 Å². The highest BCUT2D eigenvalue weighted by Crippen LogP contribution is 2.11. The second-order valence-corrected chi connectivity index (χ2v) is 4.40. The first-order valence-electron chi connectivity index (χ1n) is 6.12. The Bertz CT molecular complexity index is 337. The molecule has 3 heteroatoms. The van der Waals surface area contributed by atoms with E-state index in [1.165, 1.54) is 0 Å². The largest absolute Gasteiger partial charge is 0.480 e. The number of carboxylic acid groups (broad SMARTS) is 1. The van der Waals surface area contributed by atoms with Crippen LogP contribution in [0.2, 0.25) is 0 Å². The maximum Gasteiger partial charge on any atom is 0.320 e. The molecule has 0 aliphatic heterocycles. The molecule has 1 atom stereocenters. The molecule has 0 radical (unpaired) electrons. The molecule has 0 fully saturated rings. The van der Waals surface area contributed by atoms with Crippen LogP contribution in [0.4, 0.5) is 0 Å². The fourth-order valence-corrected chi connectivity index (χ4v) is 1.91. The van der Waals surface area contributed by atoms with Crippen LogP contribution in [0.1, 0.15) is 31.7 Å². The van der Waals surface area contributed by atoms with Gasteiger partial charge in [0, 0.05) is 6.54 Å². The molecule has 0 heterocycles. The van der Waals surface area contributed by atoms with Gasteiger partial charge in [0.05, 0.1) is 0 Å². The van der Waals surface area contributed by atoms with Crippen molar-refractivity contribution < 1.29 is 9.90 Å². The third-order valence-corrected chi connectivity index (χ3v) is 2.92. The highest BCUT2D eigenvalue weighted by atomic mass is 16.4. The van der Waals surface area contributed by atoms with Gasteiger partial charge in [-0.05, 0) is 19.0 Å². The zero-order valence-corrected chi connectivity index (χ0v) is 10.6. The van der Waals surface area contributed by atoms with Gasteiger partial charge in [-0.25, -0.2) is 0 Å². The molecule has 0 aliphatic carbocycles. The van der Waals surface area contributed by atoms with Crippen molar-refractivity contribution in [2.75, 3.05) is 7.05 Å². The monoisotopic (exact) mass is 235 g/mol. The van der Waals surface area contributed by atoms with Gasteiger partial charge in [-0.15, -0.1) is 0 Å². The molecule has 94 valence electrons. The molecule has 0 aliphatic rings. The highest BCUT2D eigenvalue weighted by Gasteiger charge is 2.21. The van der Waals surface area contributed by atoms with Crippen LogP contribution >= 0.6 is 0 Å². The molecule has 0 bridgehead atoms. The molecule has 0 spiro atoms. The van der Waals surface area contributed by atoms with Crippen molar-refractivity contribution in [2.45, 2.75) is 38.8 Å². The third kappa shape index (κ3) is 4.57. The molecule has 0 saturated carbocycles. The SMILES string of the molecule is CCCC[C@@H](C(=O)O)N(C)Cc1ccccc1. The van der Waals surface area contributed by atoms with E-state index in [9.17, 15) is 9.90 Å². The van der Waals surface area contributed by atoms with Crippen molar-refractivity contribution in [1.29, 1.82) is 0 Å².